The van der Waals surface area contributed by atoms with E-state index in [0.717, 1.165) is 6.07 Å². The fourth-order valence-corrected chi connectivity index (χ4v) is 3.04. The third-order valence-electron chi connectivity index (χ3n) is 4.08. The maximum absolute atomic E-state index is 13.0. The van der Waals surface area contributed by atoms with E-state index in [1.54, 1.807) is 12.1 Å². The number of fused-ring (bicyclic) bond motifs is 2. The van der Waals surface area contributed by atoms with Crippen LogP contribution >= 0.6 is 11.6 Å². The van der Waals surface area contributed by atoms with Crippen LogP contribution in [0.5, 0.6) is 11.5 Å². The topological polar surface area (TPSA) is 60.7 Å². The molecule has 9 heteroatoms. The van der Waals surface area contributed by atoms with E-state index in [2.05, 4.69) is 5.32 Å². The van der Waals surface area contributed by atoms with Gasteiger partial charge in [0.1, 0.15) is 5.58 Å². The molecule has 0 radical (unpaired) electrons. The highest BCUT2D eigenvalue weighted by molar-refractivity contribution is 6.31. The first-order valence-electron chi connectivity index (χ1n) is 7.78. The lowest BCUT2D eigenvalue weighted by Gasteiger charge is -2.13. The smallest absolute Gasteiger partial charge is 0.417 e. The van der Waals surface area contributed by atoms with Crippen LogP contribution in [0.4, 0.5) is 18.9 Å². The highest BCUT2D eigenvalue weighted by atomic mass is 35.5. The van der Waals surface area contributed by atoms with Gasteiger partial charge in [0.05, 0.1) is 10.6 Å². The third-order valence-corrected chi connectivity index (χ3v) is 4.41. The summed E-state index contributed by atoms with van der Waals surface area (Å²) in [6.45, 7) is 0.162. The number of benzene rings is 2. The fraction of sp³-hybridized carbons (Fsp3) is 0.167. The molecule has 27 heavy (non-hydrogen) atoms. The number of hydrogen-bond acceptors (Lipinski definition) is 5. The maximum Gasteiger partial charge on any atom is 0.417 e. The van der Waals surface area contributed by atoms with Gasteiger partial charge in [-0.15, -0.1) is 0 Å². The standard InChI is InChI=1S/C18H11ClF3NO4/c19-13-2-1-10(4-12(13)18(20,21)22)23-7-9-3-17(24)27-14-6-16-15(5-11(9)14)25-8-26-16/h1-6,23H,7-8H2. The molecule has 0 saturated carbocycles. The van der Waals surface area contributed by atoms with Gasteiger partial charge in [-0.25, -0.2) is 4.79 Å². The van der Waals surface area contributed by atoms with E-state index in [1.807, 2.05) is 0 Å². The maximum atomic E-state index is 13.0. The van der Waals surface area contributed by atoms with Crippen LogP contribution in [-0.2, 0) is 12.7 Å². The lowest BCUT2D eigenvalue weighted by molar-refractivity contribution is -0.137. The molecule has 0 unspecified atom stereocenters. The average molecular weight is 398 g/mol. The van der Waals surface area contributed by atoms with Crippen LogP contribution in [0.3, 0.4) is 0 Å². The molecule has 1 aliphatic rings. The van der Waals surface area contributed by atoms with Gasteiger partial charge in [0.2, 0.25) is 6.79 Å². The van der Waals surface area contributed by atoms with E-state index in [9.17, 15) is 18.0 Å². The van der Waals surface area contributed by atoms with E-state index in [1.165, 1.54) is 18.2 Å². The Labute approximate surface area is 155 Å². The lowest BCUT2D eigenvalue weighted by atomic mass is 10.1. The number of halogens is 4. The van der Waals surface area contributed by atoms with Gasteiger partial charge in [-0.1, -0.05) is 11.6 Å². The third kappa shape index (κ3) is 3.40. The van der Waals surface area contributed by atoms with E-state index in [0.29, 0.717) is 28.0 Å². The zero-order chi connectivity index (χ0) is 19.2. The monoisotopic (exact) mass is 397 g/mol. The average Bonchev–Trinajstić information content (AvgIpc) is 3.05. The van der Waals surface area contributed by atoms with E-state index in [-0.39, 0.29) is 24.0 Å². The molecule has 140 valence electrons. The van der Waals surface area contributed by atoms with Gasteiger partial charge >= 0.3 is 11.8 Å². The van der Waals surface area contributed by atoms with E-state index < -0.39 is 17.4 Å². The van der Waals surface area contributed by atoms with Crippen molar-refractivity contribution in [2.75, 3.05) is 12.1 Å². The molecule has 0 spiro atoms. The first kappa shape index (κ1) is 17.5. The Morgan fingerprint density at radius 3 is 2.56 bits per heavy atom. The van der Waals surface area contributed by atoms with Gasteiger partial charge < -0.3 is 19.2 Å². The molecule has 0 aliphatic carbocycles. The number of anilines is 1. The van der Waals surface area contributed by atoms with Crippen LogP contribution in [0, 0.1) is 0 Å². The number of hydrogen-bond donors (Lipinski definition) is 1. The summed E-state index contributed by atoms with van der Waals surface area (Å²) < 4.78 is 54.7. The van der Waals surface area contributed by atoms with Crippen molar-refractivity contribution in [3.05, 3.63) is 63.0 Å². The van der Waals surface area contributed by atoms with Crippen LogP contribution in [0.25, 0.3) is 11.0 Å². The van der Waals surface area contributed by atoms with Crippen molar-refractivity contribution in [3.63, 3.8) is 0 Å². The van der Waals surface area contributed by atoms with Crippen molar-refractivity contribution in [3.8, 4) is 11.5 Å². The van der Waals surface area contributed by atoms with Crippen LogP contribution in [0.15, 0.2) is 45.6 Å². The molecule has 0 atom stereocenters. The molecule has 5 nitrogen and oxygen atoms in total. The molecule has 4 rings (SSSR count). The van der Waals surface area contributed by atoms with Crippen molar-refractivity contribution in [1.82, 2.24) is 0 Å². The molecule has 3 aromatic rings. The Bertz CT molecular complexity index is 1090. The summed E-state index contributed by atoms with van der Waals surface area (Å²) in [5.41, 5.74) is -0.451. The van der Waals surface area contributed by atoms with E-state index >= 15 is 0 Å². The SMILES string of the molecule is O=c1cc(CNc2ccc(Cl)c(C(F)(F)F)c2)c2cc3c(cc2o1)OCO3. The summed E-state index contributed by atoms with van der Waals surface area (Å²) in [5, 5.41) is 3.09. The second-order valence-electron chi connectivity index (χ2n) is 5.84. The summed E-state index contributed by atoms with van der Waals surface area (Å²) in [6, 6.07) is 8.01. The molecular weight excluding hydrogens is 387 g/mol. The van der Waals surface area contributed by atoms with Crippen LogP contribution in [0.1, 0.15) is 11.1 Å². The largest absolute Gasteiger partial charge is 0.454 e. The van der Waals surface area contributed by atoms with Gasteiger partial charge in [-0.3, -0.25) is 0 Å². The van der Waals surface area contributed by atoms with Crippen LogP contribution < -0.4 is 20.4 Å². The van der Waals surface area contributed by atoms with Crippen molar-refractivity contribution in [2.45, 2.75) is 12.7 Å². The summed E-state index contributed by atoms with van der Waals surface area (Å²) in [4.78, 5) is 11.8. The summed E-state index contributed by atoms with van der Waals surface area (Å²) in [5.74, 6) is 0.965. The Hall–Kier alpha value is -2.87. The number of alkyl halides is 3. The Kier molecular flexibility index (Phi) is 4.15. The molecule has 2 aromatic carbocycles. The Morgan fingerprint density at radius 2 is 1.81 bits per heavy atom. The zero-order valence-electron chi connectivity index (χ0n) is 13.5. The van der Waals surface area contributed by atoms with Crippen molar-refractivity contribution in [2.24, 2.45) is 0 Å². The predicted octanol–water partition coefficient (Wildman–Crippen LogP) is 4.81. The highest BCUT2D eigenvalue weighted by Crippen LogP contribution is 2.38. The van der Waals surface area contributed by atoms with Gasteiger partial charge in [0.15, 0.2) is 11.5 Å². The normalized spacial score (nSPS) is 13.2. The lowest BCUT2D eigenvalue weighted by Crippen LogP contribution is -2.09. The number of nitrogens with one attached hydrogen (secondary N) is 1. The van der Waals surface area contributed by atoms with E-state index in [4.69, 9.17) is 25.5 Å². The quantitative estimate of drug-likeness (QED) is 0.643. The van der Waals surface area contributed by atoms with Crippen molar-refractivity contribution in [1.29, 1.82) is 0 Å². The predicted molar refractivity (Wildman–Crippen MR) is 92.4 cm³/mol. The molecule has 1 aromatic heterocycles. The fourth-order valence-electron chi connectivity index (χ4n) is 2.81. The Balaban J connectivity index is 1.67. The molecular formula is C18H11ClF3NO4. The van der Waals surface area contributed by atoms with Crippen LogP contribution in [-0.4, -0.2) is 6.79 Å². The second-order valence-corrected chi connectivity index (χ2v) is 6.25. The Morgan fingerprint density at radius 1 is 1.07 bits per heavy atom. The minimum absolute atomic E-state index is 0.0640. The second kappa shape index (κ2) is 6.38. The minimum atomic E-state index is -4.56. The number of ether oxygens (including phenoxy) is 2. The van der Waals surface area contributed by atoms with Crippen LogP contribution in [0.2, 0.25) is 5.02 Å². The molecule has 1 N–H and O–H groups in total. The first-order chi connectivity index (χ1) is 12.8. The molecule has 0 saturated heterocycles. The number of rotatable bonds is 3. The molecule has 0 bridgehead atoms. The van der Waals surface area contributed by atoms with Gasteiger partial charge in [0.25, 0.3) is 0 Å². The molecule has 2 heterocycles. The summed E-state index contributed by atoms with van der Waals surface area (Å²) >= 11 is 5.62. The summed E-state index contributed by atoms with van der Waals surface area (Å²) in [6.07, 6.45) is -4.56. The summed E-state index contributed by atoms with van der Waals surface area (Å²) in [7, 11) is 0. The van der Waals surface area contributed by atoms with Crippen molar-refractivity contribution >= 4 is 28.3 Å². The minimum Gasteiger partial charge on any atom is -0.454 e. The molecule has 1 aliphatic heterocycles. The van der Waals surface area contributed by atoms with Crippen molar-refractivity contribution < 1.29 is 27.1 Å². The van der Waals surface area contributed by atoms with Gasteiger partial charge in [-0.05, 0) is 29.8 Å². The van der Waals surface area contributed by atoms with Gasteiger partial charge in [-0.2, -0.15) is 13.2 Å². The van der Waals surface area contributed by atoms with Gasteiger partial charge in [0, 0.05) is 29.8 Å². The highest BCUT2D eigenvalue weighted by Gasteiger charge is 2.33. The zero-order valence-corrected chi connectivity index (χ0v) is 14.3. The molecule has 0 fully saturated rings. The first-order valence-corrected chi connectivity index (χ1v) is 8.16. The molecule has 0 amide bonds.